The fourth-order valence-electron chi connectivity index (χ4n) is 2.83. The molecule has 0 aliphatic carbocycles. The van der Waals surface area contributed by atoms with Crippen LogP contribution in [0.15, 0.2) is 24.8 Å². The molecule has 3 aromatic heterocycles. The van der Waals surface area contributed by atoms with Gasteiger partial charge in [-0.1, -0.05) is 0 Å². The highest BCUT2D eigenvalue weighted by atomic mass is 35.5. The summed E-state index contributed by atoms with van der Waals surface area (Å²) in [6.07, 6.45) is 5.44. The summed E-state index contributed by atoms with van der Waals surface area (Å²) < 4.78 is 9.48. The maximum Gasteiger partial charge on any atom is 0.226 e. The van der Waals surface area contributed by atoms with E-state index in [1.807, 2.05) is 28.6 Å². The zero-order chi connectivity index (χ0) is 15.8. The molecule has 4 rings (SSSR count). The zero-order valence-corrected chi connectivity index (χ0v) is 13.4. The predicted molar refractivity (Wildman–Crippen MR) is 85.6 cm³/mol. The fourth-order valence-corrected chi connectivity index (χ4v) is 2.99. The van der Waals surface area contributed by atoms with Gasteiger partial charge in [-0.05, 0) is 17.7 Å². The van der Waals surface area contributed by atoms with Gasteiger partial charge in [0, 0.05) is 32.5 Å². The van der Waals surface area contributed by atoms with Gasteiger partial charge in [0.15, 0.2) is 17.0 Å². The number of fused-ring (bicyclic) bond motifs is 1. The lowest BCUT2D eigenvalue weighted by Gasteiger charge is -2.24. The fraction of sp³-hybridized carbons (Fsp3) is 0.429. The summed E-state index contributed by atoms with van der Waals surface area (Å²) in [5.41, 5.74) is 1.47. The van der Waals surface area contributed by atoms with Crippen LogP contribution in [0.4, 0.5) is 5.82 Å². The van der Waals surface area contributed by atoms with E-state index in [1.54, 1.807) is 12.5 Å². The monoisotopic (exact) mass is 333 g/mol. The largest absolute Gasteiger partial charge is 0.377 e. The molecule has 23 heavy (non-hydrogen) atoms. The van der Waals surface area contributed by atoms with Crippen LogP contribution in [-0.4, -0.2) is 55.6 Å². The van der Waals surface area contributed by atoms with E-state index < -0.39 is 0 Å². The maximum atomic E-state index is 6.11. The Bertz CT molecular complexity index is 816. The second-order valence-electron chi connectivity index (χ2n) is 5.50. The predicted octanol–water partition coefficient (Wildman–Crippen LogP) is 1.29. The Morgan fingerprint density at radius 2 is 2.26 bits per heavy atom. The van der Waals surface area contributed by atoms with E-state index in [0.29, 0.717) is 13.2 Å². The Kier molecular flexibility index (Phi) is 3.62. The SMILES string of the molecule is Cn1cnc2c(N3CCOCC(n4cccn4)C3)nc(Cl)nc21. The summed E-state index contributed by atoms with van der Waals surface area (Å²) in [6, 6.07) is 2.02. The molecule has 4 heterocycles. The van der Waals surface area contributed by atoms with Gasteiger partial charge in [0.2, 0.25) is 5.28 Å². The molecule has 120 valence electrons. The minimum absolute atomic E-state index is 0.111. The number of aromatic nitrogens is 6. The second kappa shape index (κ2) is 5.78. The molecule has 0 aromatic carbocycles. The lowest BCUT2D eigenvalue weighted by molar-refractivity contribution is 0.122. The molecule has 0 N–H and O–H groups in total. The van der Waals surface area contributed by atoms with Crippen molar-refractivity contribution in [3.63, 3.8) is 0 Å². The first-order valence-corrected chi connectivity index (χ1v) is 7.76. The van der Waals surface area contributed by atoms with Crippen molar-refractivity contribution in [2.45, 2.75) is 6.04 Å². The van der Waals surface area contributed by atoms with Crippen LogP contribution in [0.1, 0.15) is 6.04 Å². The second-order valence-corrected chi connectivity index (χ2v) is 5.84. The van der Waals surface area contributed by atoms with Crippen LogP contribution < -0.4 is 4.90 Å². The van der Waals surface area contributed by atoms with E-state index in [2.05, 4.69) is 25.0 Å². The molecule has 9 heteroatoms. The Labute approximate surface area is 137 Å². The van der Waals surface area contributed by atoms with Crippen LogP contribution in [0.3, 0.4) is 0 Å². The molecule has 0 spiro atoms. The lowest BCUT2D eigenvalue weighted by Crippen LogP contribution is -2.32. The zero-order valence-electron chi connectivity index (χ0n) is 12.6. The molecule has 0 saturated carbocycles. The summed E-state index contributed by atoms with van der Waals surface area (Å²) >= 11 is 6.11. The number of hydrogen-bond donors (Lipinski definition) is 0. The lowest BCUT2D eigenvalue weighted by atomic mass is 10.3. The Hall–Kier alpha value is -2.19. The molecule has 1 saturated heterocycles. The first kappa shape index (κ1) is 14.4. The first-order chi connectivity index (χ1) is 11.2. The third-order valence-corrected chi connectivity index (χ3v) is 4.13. The van der Waals surface area contributed by atoms with Crippen LogP contribution in [0.25, 0.3) is 11.2 Å². The summed E-state index contributed by atoms with van der Waals surface area (Å²) in [5.74, 6) is 0.739. The highest BCUT2D eigenvalue weighted by Gasteiger charge is 2.24. The Morgan fingerprint density at radius 1 is 1.35 bits per heavy atom. The Morgan fingerprint density at radius 3 is 3.09 bits per heavy atom. The van der Waals surface area contributed by atoms with E-state index in [0.717, 1.165) is 30.1 Å². The average Bonchev–Trinajstić information content (AvgIpc) is 3.12. The number of hydrogen-bond acceptors (Lipinski definition) is 6. The van der Waals surface area contributed by atoms with E-state index >= 15 is 0 Å². The van der Waals surface area contributed by atoms with Gasteiger partial charge in [-0.15, -0.1) is 0 Å². The molecule has 0 bridgehead atoms. The number of rotatable bonds is 2. The van der Waals surface area contributed by atoms with E-state index in [9.17, 15) is 0 Å². The van der Waals surface area contributed by atoms with Crippen LogP contribution in [0, 0.1) is 0 Å². The number of ether oxygens (including phenoxy) is 1. The van der Waals surface area contributed by atoms with Crippen molar-refractivity contribution < 1.29 is 4.74 Å². The van der Waals surface area contributed by atoms with Crippen molar-refractivity contribution in [3.8, 4) is 0 Å². The van der Waals surface area contributed by atoms with Gasteiger partial charge >= 0.3 is 0 Å². The number of imidazole rings is 1. The molecular formula is C14H16ClN7O. The van der Waals surface area contributed by atoms with Gasteiger partial charge in [-0.25, -0.2) is 4.98 Å². The molecule has 1 aliphatic heterocycles. The highest BCUT2D eigenvalue weighted by molar-refractivity contribution is 6.28. The molecule has 1 unspecified atom stereocenters. The normalized spacial score (nSPS) is 19.2. The van der Waals surface area contributed by atoms with Crippen LogP contribution >= 0.6 is 11.6 Å². The molecule has 1 atom stereocenters. The Balaban J connectivity index is 1.74. The van der Waals surface area contributed by atoms with E-state index in [1.165, 1.54) is 0 Å². The van der Waals surface area contributed by atoms with Crippen LogP contribution in [0.5, 0.6) is 0 Å². The maximum absolute atomic E-state index is 6.11. The summed E-state index contributed by atoms with van der Waals surface area (Å²) in [7, 11) is 1.89. The third-order valence-electron chi connectivity index (χ3n) is 3.96. The molecule has 0 radical (unpaired) electrons. The van der Waals surface area contributed by atoms with Crippen molar-refractivity contribution in [3.05, 3.63) is 30.1 Å². The summed E-state index contributed by atoms with van der Waals surface area (Å²) in [6.45, 7) is 2.67. The average molecular weight is 334 g/mol. The number of anilines is 1. The highest BCUT2D eigenvalue weighted by Crippen LogP contribution is 2.26. The van der Waals surface area contributed by atoms with Crippen molar-refractivity contribution in [2.24, 2.45) is 7.05 Å². The molecule has 0 amide bonds. The van der Waals surface area contributed by atoms with Gasteiger partial charge in [-0.2, -0.15) is 15.1 Å². The van der Waals surface area contributed by atoms with E-state index in [4.69, 9.17) is 16.3 Å². The van der Waals surface area contributed by atoms with Gasteiger partial charge in [0.25, 0.3) is 0 Å². The van der Waals surface area contributed by atoms with Gasteiger partial charge in [0.05, 0.1) is 25.6 Å². The van der Waals surface area contributed by atoms with Crippen LogP contribution in [0.2, 0.25) is 5.28 Å². The minimum Gasteiger partial charge on any atom is -0.377 e. The molecule has 8 nitrogen and oxygen atoms in total. The van der Waals surface area contributed by atoms with Crippen LogP contribution in [-0.2, 0) is 11.8 Å². The number of aryl methyl sites for hydroxylation is 1. The van der Waals surface area contributed by atoms with Gasteiger partial charge in [0.1, 0.15) is 0 Å². The standard InChI is InChI=1S/C14H16ClN7O/c1-20-9-16-11-12(20)18-14(15)19-13(11)21-5-6-23-8-10(7-21)22-4-2-3-17-22/h2-4,9-10H,5-8H2,1H3. The molecular weight excluding hydrogens is 318 g/mol. The summed E-state index contributed by atoms with van der Waals surface area (Å²) in [5, 5.41) is 4.54. The van der Waals surface area contributed by atoms with Crippen molar-refractivity contribution >= 4 is 28.6 Å². The third kappa shape index (κ3) is 2.64. The first-order valence-electron chi connectivity index (χ1n) is 7.39. The number of nitrogens with zero attached hydrogens (tertiary/aromatic N) is 7. The summed E-state index contributed by atoms with van der Waals surface area (Å²) in [4.78, 5) is 15.2. The van der Waals surface area contributed by atoms with Gasteiger partial charge < -0.3 is 14.2 Å². The van der Waals surface area contributed by atoms with Crippen molar-refractivity contribution in [1.29, 1.82) is 0 Å². The van der Waals surface area contributed by atoms with Crippen molar-refractivity contribution in [2.75, 3.05) is 31.2 Å². The quantitative estimate of drug-likeness (QED) is 0.658. The van der Waals surface area contributed by atoms with E-state index in [-0.39, 0.29) is 11.3 Å². The molecule has 1 fully saturated rings. The minimum atomic E-state index is 0.111. The smallest absolute Gasteiger partial charge is 0.226 e. The topological polar surface area (TPSA) is 73.9 Å². The van der Waals surface area contributed by atoms with Crippen molar-refractivity contribution in [1.82, 2.24) is 29.3 Å². The number of halogens is 1. The van der Waals surface area contributed by atoms with Gasteiger partial charge in [-0.3, -0.25) is 4.68 Å². The molecule has 3 aromatic rings. The molecule has 1 aliphatic rings.